The molecule has 110 heavy (non-hydrogen) atoms. The van der Waals surface area contributed by atoms with Crippen molar-refractivity contribution < 1.29 is 43.7 Å². The number of hydrogen-bond acceptors (Lipinski definition) is 9. The smallest absolute Gasteiger partial charge is 0.119 e. The van der Waals surface area contributed by atoms with Gasteiger partial charge in [-0.1, -0.05) is 246 Å². The Bertz CT molecular complexity index is 2600. The maximum atomic E-state index is 8.63. The van der Waals surface area contributed by atoms with Crippen LogP contribution in [0.25, 0.3) is 0 Å². The predicted octanol–water partition coefficient (Wildman–Crippen LogP) is 28.1. The molecule has 21 rings (SSSR count). The molecule has 8 bridgehead atoms. The van der Waals surface area contributed by atoms with Gasteiger partial charge in [-0.25, -0.2) is 0 Å². The van der Waals surface area contributed by atoms with Crippen LogP contribution < -0.4 is 14.2 Å². The molecule has 0 aromatic heterocycles. The lowest BCUT2D eigenvalue weighted by atomic mass is 9.82. The fourth-order valence-electron chi connectivity index (χ4n) is 20.0. The van der Waals surface area contributed by atoms with Crippen molar-refractivity contribution in [1.82, 2.24) is 0 Å². The lowest BCUT2D eigenvalue weighted by molar-refractivity contribution is 0.259. The Morgan fingerprint density at radius 2 is 0.373 bits per heavy atom. The van der Waals surface area contributed by atoms with Gasteiger partial charge in [0.25, 0.3) is 0 Å². The summed E-state index contributed by atoms with van der Waals surface area (Å²) in [6, 6.07) is 55.5. The second kappa shape index (κ2) is 58.8. The van der Waals surface area contributed by atoms with Crippen LogP contribution in [0.15, 0.2) is 182 Å². The molecule has 15 fully saturated rings. The number of hydrogen-bond donors (Lipinski definition) is 3. The number of aromatic hydroxyl groups is 3. The largest absolute Gasteiger partial charge is 0.508 e. The van der Waals surface area contributed by atoms with Gasteiger partial charge in [0, 0.05) is 0 Å². The van der Waals surface area contributed by atoms with E-state index in [2.05, 4.69) is 0 Å². The zero-order valence-corrected chi connectivity index (χ0v) is 72.3. The Labute approximate surface area is 674 Å². The van der Waals surface area contributed by atoms with Gasteiger partial charge in [0.05, 0.1) is 19.8 Å². The van der Waals surface area contributed by atoms with Crippen molar-refractivity contribution in [2.24, 2.45) is 94.7 Å². The molecule has 9 nitrogen and oxygen atoms in total. The molecule has 6 aromatic rings. The van der Waals surface area contributed by atoms with Crippen molar-refractivity contribution in [3.05, 3.63) is 182 Å². The van der Waals surface area contributed by atoms with Gasteiger partial charge in [-0.05, 0) is 296 Å². The Balaban J connectivity index is 0.000000253. The standard InChI is InChI=1S/4C10H16.3C9H10O2.3C6H6O.8C2H6/c4*1-2-9-7-4-5-8(6-7)10(9)3-1;3*1-2-4-8(5-3-1)10-6-9-7-11-9;3*7-6-4-2-1-3-5-6;8*1-2/h4*7-10H,1-6H2;3*1-5,9H,6-7H2;3*1-5,7H;8*1-2H3. The van der Waals surface area contributed by atoms with E-state index in [1.54, 1.807) is 227 Å². The minimum Gasteiger partial charge on any atom is -0.508 e. The van der Waals surface area contributed by atoms with E-state index in [4.69, 9.17) is 43.7 Å². The summed E-state index contributed by atoms with van der Waals surface area (Å²) < 4.78 is 31.2. The van der Waals surface area contributed by atoms with Crippen LogP contribution in [-0.4, -0.2) is 73.3 Å². The van der Waals surface area contributed by atoms with Crippen LogP contribution >= 0.6 is 0 Å². The van der Waals surface area contributed by atoms with Crippen LogP contribution in [-0.2, 0) is 14.2 Å². The van der Waals surface area contributed by atoms with Crippen LogP contribution in [0, 0.1) is 94.7 Å². The number of benzene rings is 6. The third-order valence-electron chi connectivity index (χ3n) is 24.4. The molecule has 0 radical (unpaired) electrons. The average Bonchev–Trinajstić information content (AvgIpc) is 1.64. The van der Waals surface area contributed by atoms with Crippen LogP contribution in [0.3, 0.4) is 0 Å². The highest BCUT2D eigenvalue weighted by Crippen LogP contribution is 2.61. The topological polar surface area (TPSA) is 126 Å². The van der Waals surface area contributed by atoms with Crippen LogP contribution in [0.2, 0.25) is 0 Å². The van der Waals surface area contributed by atoms with Crippen LogP contribution in [0.1, 0.15) is 265 Å². The second-order valence-electron chi connectivity index (χ2n) is 30.1. The van der Waals surface area contributed by atoms with Gasteiger partial charge in [-0.2, -0.15) is 0 Å². The Hall–Kier alpha value is -6.00. The summed E-state index contributed by atoms with van der Waals surface area (Å²) in [6.07, 6.45) is 39.2. The maximum Gasteiger partial charge on any atom is 0.119 e. The van der Waals surface area contributed by atoms with Crippen molar-refractivity contribution in [1.29, 1.82) is 0 Å². The third-order valence-corrected chi connectivity index (χ3v) is 24.4. The van der Waals surface area contributed by atoms with Crippen molar-refractivity contribution in [2.75, 3.05) is 39.6 Å². The molecule has 0 spiro atoms. The lowest BCUT2D eigenvalue weighted by Gasteiger charge is -2.23. The number of fused-ring (bicyclic) bond motifs is 20. The van der Waals surface area contributed by atoms with Crippen molar-refractivity contribution in [2.45, 2.75) is 283 Å². The van der Waals surface area contributed by atoms with Gasteiger partial charge in [-0.3, -0.25) is 0 Å². The Morgan fingerprint density at radius 3 is 0.500 bits per heavy atom. The molecule has 3 heterocycles. The highest BCUT2D eigenvalue weighted by molar-refractivity contribution is 5.24. The van der Waals surface area contributed by atoms with Crippen LogP contribution in [0.4, 0.5) is 0 Å². The molecule has 19 unspecified atom stereocenters. The number of epoxide rings is 3. The Morgan fingerprint density at radius 1 is 0.227 bits per heavy atom. The van der Waals surface area contributed by atoms with Gasteiger partial charge >= 0.3 is 0 Å². The number of para-hydroxylation sites is 6. The minimum atomic E-state index is 0.322. The van der Waals surface area contributed by atoms with Gasteiger partial charge in [0.15, 0.2) is 0 Å². The first-order valence-electron chi connectivity index (χ1n) is 45.4. The van der Waals surface area contributed by atoms with E-state index >= 15 is 0 Å². The summed E-state index contributed by atoms with van der Waals surface area (Å²) in [6.45, 7) is 36.6. The quantitative estimate of drug-likeness (QED) is 0.121. The molecule has 15 aliphatic rings. The highest BCUT2D eigenvalue weighted by Gasteiger charge is 2.52. The zero-order chi connectivity index (χ0) is 80.1. The van der Waals surface area contributed by atoms with Crippen molar-refractivity contribution in [3.8, 4) is 34.5 Å². The Kier molecular flexibility index (Phi) is 51.5. The SMILES string of the molecule is C1CC2C3CCC(C3)C2C1.C1CC2C3CCC(C3)C2C1.C1CC2C3CCC(C3)C2C1.C1CC2C3CCC(C3)C2C1.CC.CC.CC.CC.CC.CC.CC.CC.Oc1ccccc1.Oc1ccccc1.Oc1ccccc1.c1ccc(OCC2CO2)cc1.c1ccc(OCC2CO2)cc1.c1ccc(OCC2CO2)cc1. The van der Waals surface area contributed by atoms with E-state index < -0.39 is 0 Å². The number of phenols is 3. The molecule has 3 aliphatic heterocycles. The number of phenolic OH excluding ortho intramolecular Hbond substituents is 3. The normalized spacial score (nSPS) is 29.4. The molecule has 6 aromatic carbocycles. The van der Waals surface area contributed by atoms with Crippen molar-refractivity contribution >= 4 is 0 Å². The summed E-state index contributed by atoms with van der Waals surface area (Å²) in [7, 11) is 0. The first-order valence-corrected chi connectivity index (χ1v) is 45.4. The lowest BCUT2D eigenvalue weighted by Crippen LogP contribution is -2.15. The van der Waals surface area contributed by atoms with E-state index in [0.29, 0.717) is 55.4 Å². The van der Waals surface area contributed by atoms with E-state index in [0.717, 1.165) is 37.1 Å². The summed E-state index contributed by atoms with van der Waals surface area (Å²) >= 11 is 0. The number of rotatable bonds is 9. The third kappa shape index (κ3) is 34.4. The predicted molar refractivity (Wildman–Crippen MR) is 467 cm³/mol. The fourth-order valence-corrected chi connectivity index (χ4v) is 20.0. The van der Waals surface area contributed by atoms with E-state index in [-0.39, 0.29) is 0 Å². The molecular formula is C101H160O9. The summed E-state index contributed by atoms with van der Waals surface area (Å²) in [4.78, 5) is 0. The highest BCUT2D eigenvalue weighted by atomic mass is 16.6. The first-order chi connectivity index (χ1) is 54.3. The molecule has 12 aliphatic carbocycles. The van der Waals surface area contributed by atoms with Gasteiger partial charge in [0.1, 0.15) is 72.6 Å². The second-order valence-corrected chi connectivity index (χ2v) is 30.1. The minimum absolute atomic E-state index is 0.322. The summed E-state index contributed by atoms with van der Waals surface area (Å²) in [5, 5.41) is 25.9. The number of ether oxygens (including phenoxy) is 6. The molecule has 9 heteroatoms. The van der Waals surface area contributed by atoms with E-state index in [1.807, 2.05) is 220 Å². The first kappa shape index (κ1) is 96.4. The van der Waals surface area contributed by atoms with Crippen LogP contribution in [0.5, 0.6) is 34.5 Å². The molecule has 618 valence electrons. The maximum absolute atomic E-state index is 8.63. The average molecular weight is 1520 g/mol. The molecule has 3 saturated heterocycles. The monoisotopic (exact) mass is 1520 g/mol. The van der Waals surface area contributed by atoms with E-state index in [1.165, 1.54) is 94.7 Å². The van der Waals surface area contributed by atoms with Gasteiger partial charge in [0.2, 0.25) is 0 Å². The molecule has 12 saturated carbocycles. The molecular weight excluding hydrogens is 1360 g/mol. The molecule has 0 amide bonds. The summed E-state index contributed by atoms with van der Waals surface area (Å²) in [5.74, 6) is 22.9. The fraction of sp³-hybridized carbons (Fsp3) is 0.644. The van der Waals surface area contributed by atoms with Gasteiger partial charge < -0.3 is 43.7 Å². The van der Waals surface area contributed by atoms with E-state index in [9.17, 15) is 0 Å². The molecule has 3 N–H and O–H groups in total. The zero-order valence-electron chi connectivity index (χ0n) is 72.3. The molecule has 19 atom stereocenters. The van der Waals surface area contributed by atoms with Crippen molar-refractivity contribution in [3.63, 3.8) is 0 Å². The summed E-state index contributed by atoms with van der Waals surface area (Å²) in [5.41, 5.74) is 0. The van der Waals surface area contributed by atoms with Gasteiger partial charge in [-0.15, -0.1) is 0 Å².